The fraction of sp³-hybridized carbons (Fsp3) is 0.0952. The van der Waals surface area contributed by atoms with Crippen LogP contribution in [-0.4, -0.2) is 21.8 Å². The van der Waals surface area contributed by atoms with Gasteiger partial charge in [0, 0.05) is 17.0 Å². The first-order valence-corrected chi connectivity index (χ1v) is 8.49. The molecule has 0 bridgehead atoms. The number of fused-ring (bicyclic) bond motifs is 1. The summed E-state index contributed by atoms with van der Waals surface area (Å²) >= 11 is 0. The maximum atomic E-state index is 11.6. The number of methoxy groups -OCH3 is 1. The van der Waals surface area contributed by atoms with Gasteiger partial charge < -0.3 is 4.74 Å². The van der Waals surface area contributed by atoms with Gasteiger partial charge in [-0.05, 0) is 17.7 Å². The van der Waals surface area contributed by atoms with Gasteiger partial charge in [-0.15, -0.1) is 0 Å². The average molecular weight is 359 g/mol. The minimum Gasteiger partial charge on any atom is -0.497 e. The predicted octanol–water partition coefficient (Wildman–Crippen LogP) is 4.67. The van der Waals surface area contributed by atoms with Crippen LogP contribution in [0.25, 0.3) is 22.2 Å². The molecule has 0 unspecified atom stereocenters. The second kappa shape index (κ2) is 6.92. The van der Waals surface area contributed by atoms with Gasteiger partial charge in [-0.25, -0.2) is 0 Å². The number of rotatable bonds is 5. The number of aromatic nitrogens is 2. The number of nitrogens with zero attached hydrogens (tertiary/aromatic N) is 3. The number of ether oxygens (including phenoxy) is 1. The molecule has 0 aliphatic rings. The van der Waals surface area contributed by atoms with Crippen molar-refractivity contribution in [3.05, 3.63) is 88.5 Å². The molecule has 6 heteroatoms. The maximum absolute atomic E-state index is 11.6. The summed E-state index contributed by atoms with van der Waals surface area (Å²) in [6.07, 6.45) is 0. The van der Waals surface area contributed by atoms with Crippen molar-refractivity contribution in [3.8, 4) is 17.0 Å². The summed E-state index contributed by atoms with van der Waals surface area (Å²) in [7, 11) is 1.62. The molecule has 3 aromatic carbocycles. The summed E-state index contributed by atoms with van der Waals surface area (Å²) in [6, 6.07) is 22.4. The Morgan fingerprint density at radius 1 is 1.00 bits per heavy atom. The van der Waals surface area contributed by atoms with Crippen LogP contribution in [0.3, 0.4) is 0 Å². The molecule has 0 aliphatic heterocycles. The lowest BCUT2D eigenvalue weighted by molar-refractivity contribution is -0.383. The van der Waals surface area contributed by atoms with Gasteiger partial charge in [0.15, 0.2) is 0 Å². The molecule has 1 aromatic heterocycles. The lowest BCUT2D eigenvalue weighted by Gasteiger charge is -2.05. The van der Waals surface area contributed by atoms with Gasteiger partial charge in [-0.3, -0.25) is 14.8 Å². The highest BCUT2D eigenvalue weighted by Gasteiger charge is 2.21. The van der Waals surface area contributed by atoms with Crippen LogP contribution in [0.4, 0.5) is 5.69 Å². The van der Waals surface area contributed by atoms with Crippen molar-refractivity contribution in [2.75, 3.05) is 7.11 Å². The Hall–Kier alpha value is -3.67. The van der Waals surface area contributed by atoms with E-state index in [9.17, 15) is 10.1 Å². The van der Waals surface area contributed by atoms with Crippen molar-refractivity contribution in [3.63, 3.8) is 0 Å². The van der Waals surface area contributed by atoms with Crippen molar-refractivity contribution in [1.82, 2.24) is 9.78 Å². The molecular formula is C21H17N3O3. The molecule has 0 N–H and O–H groups in total. The zero-order valence-electron chi connectivity index (χ0n) is 14.7. The van der Waals surface area contributed by atoms with Gasteiger partial charge in [-0.1, -0.05) is 54.6 Å². The molecule has 0 saturated carbocycles. The van der Waals surface area contributed by atoms with E-state index >= 15 is 0 Å². The number of hydrogen-bond acceptors (Lipinski definition) is 4. The highest BCUT2D eigenvalue weighted by Crippen LogP contribution is 2.33. The number of hydrogen-bond donors (Lipinski definition) is 0. The lowest BCUT2D eigenvalue weighted by atomic mass is 10.1. The molecule has 0 spiro atoms. The van der Waals surface area contributed by atoms with Crippen LogP contribution in [0.5, 0.6) is 5.75 Å². The van der Waals surface area contributed by atoms with E-state index in [4.69, 9.17) is 9.84 Å². The van der Waals surface area contributed by atoms with Crippen LogP contribution < -0.4 is 4.74 Å². The summed E-state index contributed by atoms with van der Waals surface area (Å²) in [5.41, 5.74) is 3.23. The smallest absolute Gasteiger partial charge is 0.295 e. The lowest BCUT2D eigenvalue weighted by Crippen LogP contribution is -2.03. The van der Waals surface area contributed by atoms with E-state index in [-0.39, 0.29) is 10.6 Å². The molecule has 0 saturated heterocycles. The Bertz CT molecular complexity index is 1100. The molecule has 134 valence electrons. The van der Waals surface area contributed by atoms with E-state index in [1.807, 2.05) is 60.7 Å². The van der Waals surface area contributed by atoms with E-state index in [1.165, 1.54) is 6.07 Å². The largest absolute Gasteiger partial charge is 0.497 e. The molecule has 4 rings (SSSR count). The van der Waals surface area contributed by atoms with Crippen molar-refractivity contribution in [2.45, 2.75) is 6.54 Å². The third kappa shape index (κ3) is 3.13. The Balaban J connectivity index is 1.89. The van der Waals surface area contributed by atoms with Crippen LogP contribution >= 0.6 is 0 Å². The van der Waals surface area contributed by atoms with Crippen LogP contribution in [-0.2, 0) is 6.54 Å². The second-order valence-corrected chi connectivity index (χ2v) is 6.15. The molecule has 1 heterocycles. The highest BCUT2D eigenvalue weighted by molar-refractivity contribution is 5.98. The normalized spacial score (nSPS) is 10.9. The number of nitro benzene ring substituents is 1. The Morgan fingerprint density at radius 2 is 1.74 bits per heavy atom. The van der Waals surface area contributed by atoms with Crippen molar-refractivity contribution < 1.29 is 9.66 Å². The third-order valence-corrected chi connectivity index (χ3v) is 4.48. The fourth-order valence-corrected chi connectivity index (χ4v) is 3.19. The summed E-state index contributed by atoms with van der Waals surface area (Å²) in [6.45, 7) is 0.429. The SMILES string of the molecule is COc1ccc(Cn2nc(-c3ccccc3)c3cccc([N+](=O)[O-])c32)cc1. The molecule has 0 atom stereocenters. The monoisotopic (exact) mass is 359 g/mol. The number of para-hydroxylation sites is 1. The highest BCUT2D eigenvalue weighted by atomic mass is 16.6. The first kappa shape index (κ1) is 16.8. The van der Waals surface area contributed by atoms with E-state index < -0.39 is 0 Å². The number of nitro groups is 1. The van der Waals surface area contributed by atoms with Gasteiger partial charge in [-0.2, -0.15) is 5.10 Å². The average Bonchev–Trinajstić information content (AvgIpc) is 3.08. The number of benzene rings is 3. The van der Waals surface area contributed by atoms with E-state index in [1.54, 1.807) is 17.9 Å². The molecular weight excluding hydrogens is 342 g/mol. The van der Waals surface area contributed by atoms with Crippen molar-refractivity contribution in [1.29, 1.82) is 0 Å². The Kier molecular flexibility index (Phi) is 4.30. The summed E-state index contributed by atoms with van der Waals surface area (Å²) < 4.78 is 6.90. The van der Waals surface area contributed by atoms with Crippen molar-refractivity contribution in [2.24, 2.45) is 0 Å². The van der Waals surface area contributed by atoms with Gasteiger partial charge in [0.05, 0.1) is 18.6 Å². The number of non-ortho nitro benzene ring substituents is 1. The molecule has 27 heavy (non-hydrogen) atoms. The quantitative estimate of drug-likeness (QED) is 0.383. The Morgan fingerprint density at radius 3 is 2.41 bits per heavy atom. The first-order valence-electron chi connectivity index (χ1n) is 8.49. The summed E-state index contributed by atoms with van der Waals surface area (Å²) in [5.74, 6) is 0.764. The van der Waals surface area contributed by atoms with Crippen LogP contribution in [0.1, 0.15) is 5.56 Å². The minimum atomic E-state index is -0.358. The molecule has 0 radical (unpaired) electrons. The van der Waals surface area contributed by atoms with E-state index in [0.717, 1.165) is 28.0 Å². The van der Waals surface area contributed by atoms with Gasteiger partial charge in [0.25, 0.3) is 5.69 Å². The van der Waals surface area contributed by atoms with Crippen LogP contribution in [0.2, 0.25) is 0 Å². The minimum absolute atomic E-state index is 0.0516. The van der Waals surface area contributed by atoms with Crippen LogP contribution in [0.15, 0.2) is 72.8 Å². The summed E-state index contributed by atoms with van der Waals surface area (Å²) in [4.78, 5) is 11.2. The van der Waals surface area contributed by atoms with Gasteiger partial charge in [0.1, 0.15) is 17.0 Å². The molecule has 4 aromatic rings. The second-order valence-electron chi connectivity index (χ2n) is 6.15. The standard InChI is InChI=1S/C21H17N3O3/c1-27-17-12-10-15(11-13-17)14-23-21-18(8-5-9-19(21)24(25)26)20(22-23)16-6-3-2-4-7-16/h2-13H,14H2,1H3. The zero-order valence-corrected chi connectivity index (χ0v) is 14.7. The molecule has 0 aliphatic carbocycles. The molecule has 6 nitrogen and oxygen atoms in total. The zero-order chi connectivity index (χ0) is 18.8. The predicted molar refractivity (Wildman–Crippen MR) is 104 cm³/mol. The van der Waals surface area contributed by atoms with Gasteiger partial charge >= 0.3 is 0 Å². The molecule has 0 fully saturated rings. The molecule has 0 amide bonds. The van der Waals surface area contributed by atoms with E-state index in [2.05, 4.69) is 0 Å². The maximum Gasteiger partial charge on any atom is 0.295 e. The van der Waals surface area contributed by atoms with Crippen molar-refractivity contribution >= 4 is 16.6 Å². The summed E-state index contributed by atoms with van der Waals surface area (Å²) in [5, 5.41) is 17.1. The fourth-order valence-electron chi connectivity index (χ4n) is 3.19. The Labute approximate surface area is 155 Å². The topological polar surface area (TPSA) is 70.2 Å². The van der Waals surface area contributed by atoms with Crippen LogP contribution in [0, 0.1) is 10.1 Å². The first-order chi connectivity index (χ1) is 13.2. The van der Waals surface area contributed by atoms with E-state index in [0.29, 0.717) is 12.1 Å². The third-order valence-electron chi connectivity index (χ3n) is 4.48. The van der Waals surface area contributed by atoms with Gasteiger partial charge in [0.2, 0.25) is 0 Å².